The number of rotatable bonds is 1. The minimum absolute atomic E-state index is 0.477. The van der Waals surface area contributed by atoms with Gasteiger partial charge in [-0.05, 0) is 17.7 Å². The Morgan fingerprint density at radius 2 is 2.00 bits per heavy atom. The Labute approximate surface area is 73.4 Å². The molecule has 0 bridgehead atoms. The lowest BCUT2D eigenvalue weighted by Crippen LogP contribution is -2.16. The summed E-state index contributed by atoms with van der Waals surface area (Å²) in [6.45, 7) is 6.41. The van der Waals surface area contributed by atoms with Crippen molar-refractivity contribution in [1.82, 2.24) is 0 Å². The molecule has 0 aliphatic heterocycles. The normalized spacial score (nSPS) is 10.9. The molecule has 0 rings (SSSR count). The standard InChI is InChI=1S/C8H11ClOSi/c1-11(2,3)7-5-4-6-8(9)10/h4,6H,1-3H3/b6-4+. The Bertz CT molecular complexity index is 227. The van der Waals surface area contributed by atoms with Gasteiger partial charge in [-0.15, -0.1) is 5.54 Å². The monoisotopic (exact) mass is 186 g/mol. The number of hydrogen-bond donors (Lipinski definition) is 0. The fourth-order valence-corrected chi connectivity index (χ4v) is 0.945. The summed E-state index contributed by atoms with van der Waals surface area (Å²) in [7, 11) is -1.30. The smallest absolute Gasteiger partial charge is 0.245 e. The molecular formula is C8H11ClOSi. The lowest BCUT2D eigenvalue weighted by molar-refractivity contribution is -0.107. The summed E-state index contributed by atoms with van der Waals surface area (Å²) in [6.07, 6.45) is 2.75. The first-order valence-electron chi connectivity index (χ1n) is 3.30. The van der Waals surface area contributed by atoms with Crippen molar-refractivity contribution in [2.75, 3.05) is 0 Å². The van der Waals surface area contributed by atoms with Crippen LogP contribution in [0.1, 0.15) is 0 Å². The quantitative estimate of drug-likeness (QED) is 0.266. The number of allylic oxidation sites excluding steroid dienone is 2. The van der Waals surface area contributed by atoms with Crippen LogP contribution in [-0.2, 0) is 4.79 Å². The van der Waals surface area contributed by atoms with E-state index in [4.69, 9.17) is 11.6 Å². The van der Waals surface area contributed by atoms with Crippen LogP contribution in [0.5, 0.6) is 0 Å². The lowest BCUT2D eigenvalue weighted by Gasteiger charge is -2.01. The Balaban J connectivity index is 4.02. The molecule has 0 saturated carbocycles. The Morgan fingerprint density at radius 3 is 2.36 bits per heavy atom. The second-order valence-electron chi connectivity index (χ2n) is 3.16. The van der Waals surface area contributed by atoms with Crippen molar-refractivity contribution in [2.24, 2.45) is 0 Å². The van der Waals surface area contributed by atoms with E-state index in [1.165, 1.54) is 12.2 Å². The molecule has 0 aliphatic carbocycles. The van der Waals surface area contributed by atoms with Crippen LogP contribution in [-0.4, -0.2) is 13.3 Å². The van der Waals surface area contributed by atoms with Gasteiger partial charge < -0.3 is 0 Å². The Hall–Kier alpha value is -0.523. The molecule has 0 unspecified atom stereocenters. The van der Waals surface area contributed by atoms with Crippen LogP contribution in [0.15, 0.2) is 12.2 Å². The van der Waals surface area contributed by atoms with Crippen LogP contribution in [0.3, 0.4) is 0 Å². The average Bonchev–Trinajstić information content (AvgIpc) is 1.78. The summed E-state index contributed by atoms with van der Waals surface area (Å²) >= 11 is 5.05. The molecule has 0 aromatic heterocycles. The van der Waals surface area contributed by atoms with Crippen LogP contribution in [0.2, 0.25) is 19.6 Å². The van der Waals surface area contributed by atoms with Crippen LogP contribution in [0.4, 0.5) is 0 Å². The van der Waals surface area contributed by atoms with E-state index in [0.717, 1.165) is 0 Å². The topological polar surface area (TPSA) is 17.1 Å². The predicted octanol–water partition coefficient (Wildman–Crippen LogP) is 2.19. The number of hydrogen-bond acceptors (Lipinski definition) is 1. The highest BCUT2D eigenvalue weighted by Crippen LogP contribution is 1.95. The molecule has 0 aliphatic rings. The molecule has 0 aromatic carbocycles. The van der Waals surface area contributed by atoms with Gasteiger partial charge in [0, 0.05) is 6.08 Å². The van der Waals surface area contributed by atoms with Crippen LogP contribution >= 0.6 is 11.6 Å². The van der Waals surface area contributed by atoms with E-state index >= 15 is 0 Å². The SMILES string of the molecule is C[Si](C)(C)C#C/C=C/C(=O)Cl. The molecule has 0 N–H and O–H groups in total. The maximum atomic E-state index is 10.2. The lowest BCUT2D eigenvalue weighted by atomic mass is 10.5. The van der Waals surface area contributed by atoms with E-state index in [9.17, 15) is 4.79 Å². The van der Waals surface area contributed by atoms with Crippen molar-refractivity contribution in [3.63, 3.8) is 0 Å². The second kappa shape index (κ2) is 4.37. The van der Waals surface area contributed by atoms with Crippen LogP contribution in [0.25, 0.3) is 0 Å². The molecule has 0 aromatic rings. The highest BCUT2D eigenvalue weighted by Gasteiger charge is 2.06. The van der Waals surface area contributed by atoms with E-state index in [-0.39, 0.29) is 0 Å². The molecule has 0 amide bonds. The summed E-state index contributed by atoms with van der Waals surface area (Å²) in [5.41, 5.74) is 3.07. The largest absolute Gasteiger partial charge is 0.276 e. The molecule has 0 fully saturated rings. The molecule has 0 spiro atoms. The predicted molar refractivity (Wildman–Crippen MR) is 51.1 cm³/mol. The summed E-state index contributed by atoms with van der Waals surface area (Å²) in [5, 5.41) is -0.477. The first kappa shape index (κ1) is 10.5. The van der Waals surface area contributed by atoms with Crippen LogP contribution < -0.4 is 0 Å². The molecule has 3 heteroatoms. The van der Waals surface area contributed by atoms with Crippen LogP contribution in [0, 0.1) is 11.5 Å². The molecule has 0 heterocycles. The Morgan fingerprint density at radius 1 is 1.45 bits per heavy atom. The minimum atomic E-state index is -1.30. The molecule has 0 radical (unpaired) electrons. The zero-order valence-electron chi connectivity index (χ0n) is 6.94. The van der Waals surface area contributed by atoms with E-state index in [0.29, 0.717) is 0 Å². The van der Waals surface area contributed by atoms with E-state index in [2.05, 4.69) is 31.1 Å². The third-order valence-corrected chi connectivity index (χ3v) is 1.77. The minimum Gasteiger partial charge on any atom is -0.276 e. The van der Waals surface area contributed by atoms with Crippen molar-refractivity contribution >= 4 is 24.9 Å². The van der Waals surface area contributed by atoms with E-state index in [1.54, 1.807) is 0 Å². The fourth-order valence-electron chi connectivity index (χ4n) is 0.365. The highest BCUT2D eigenvalue weighted by molar-refractivity contribution is 6.83. The van der Waals surface area contributed by atoms with Gasteiger partial charge in [0.15, 0.2) is 0 Å². The van der Waals surface area contributed by atoms with E-state index < -0.39 is 13.3 Å². The third-order valence-electron chi connectivity index (χ3n) is 0.745. The summed E-state index contributed by atoms with van der Waals surface area (Å²) in [5.74, 6) is 2.78. The third kappa shape index (κ3) is 9.48. The number of halogens is 1. The number of carbonyl (C=O) groups excluding carboxylic acids is 1. The van der Waals surface area contributed by atoms with Crippen molar-refractivity contribution in [3.05, 3.63) is 12.2 Å². The van der Waals surface area contributed by atoms with E-state index in [1.807, 2.05) is 0 Å². The van der Waals surface area contributed by atoms with Gasteiger partial charge >= 0.3 is 0 Å². The fraction of sp³-hybridized carbons (Fsp3) is 0.375. The highest BCUT2D eigenvalue weighted by atomic mass is 35.5. The molecule has 60 valence electrons. The maximum Gasteiger partial charge on any atom is 0.245 e. The molecule has 11 heavy (non-hydrogen) atoms. The first-order chi connectivity index (χ1) is 4.92. The van der Waals surface area contributed by atoms with Gasteiger partial charge in [-0.25, -0.2) is 0 Å². The molecular weight excluding hydrogens is 176 g/mol. The molecule has 0 atom stereocenters. The number of carbonyl (C=O) groups is 1. The summed E-state index contributed by atoms with van der Waals surface area (Å²) in [4.78, 5) is 10.2. The van der Waals surface area contributed by atoms with Crippen molar-refractivity contribution in [2.45, 2.75) is 19.6 Å². The Kier molecular flexibility index (Phi) is 4.17. The van der Waals surface area contributed by atoms with Gasteiger partial charge in [0.05, 0.1) is 0 Å². The first-order valence-corrected chi connectivity index (χ1v) is 7.18. The molecule has 1 nitrogen and oxygen atoms in total. The van der Waals surface area contributed by atoms with Gasteiger partial charge in [-0.2, -0.15) is 0 Å². The van der Waals surface area contributed by atoms with Gasteiger partial charge in [0.1, 0.15) is 8.07 Å². The van der Waals surface area contributed by atoms with Crippen molar-refractivity contribution in [1.29, 1.82) is 0 Å². The van der Waals surface area contributed by atoms with Crippen molar-refractivity contribution in [3.8, 4) is 11.5 Å². The van der Waals surface area contributed by atoms with Gasteiger partial charge in [-0.1, -0.05) is 25.6 Å². The van der Waals surface area contributed by atoms with Crippen molar-refractivity contribution < 1.29 is 4.79 Å². The van der Waals surface area contributed by atoms with Gasteiger partial charge in [-0.3, -0.25) is 4.79 Å². The average molecular weight is 187 g/mol. The van der Waals surface area contributed by atoms with Gasteiger partial charge in [0.25, 0.3) is 0 Å². The summed E-state index contributed by atoms with van der Waals surface area (Å²) in [6, 6.07) is 0. The van der Waals surface area contributed by atoms with Gasteiger partial charge in [0.2, 0.25) is 5.24 Å². The zero-order chi connectivity index (χ0) is 8.91. The zero-order valence-corrected chi connectivity index (χ0v) is 8.70. The summed E-state index contributed by atoms with van der Waals surface area (Å²) < 4.78 is 0. The molecule has 0 saturated heterocycles. The second-order valence-corrected chi connectivity index (χ2v) is 8.28. The maximum absolute atomic E-state index is 10.2.